The van der Waals surface area contributed by atoms with Gasteiger partial charge in [-0.1, -0.05) is 0 Å². The molecule has 2 aliphatic rings. The summed E-state index contributed by atoms with van der Waals surface area (Å²) in [5, 5.41) is 22.5. The lowest BCUT2D eigenvalue weighted by molar-refractivity contribution is -0.158. The van der Waals surface area contributed by atoms with Crippen LogP contribution in [0, 0.1) is 11.8 Å². The SMILES string of the molecule is CN(C[C@H]1C[C@@H](n2ccc3c(N)ncnc32)[C@H](O)[C@@H]1O)[C@H]1C[C@@H](CCc2nc3cc(OC(C)(F)F)ccc3[nH]2)C1. The van der Waals surface area contributed by atoms with E-state index in [-0.39, 0.29) is 17.7 Å². The van der Waals surface area contributed by atoms with Crippen LogP contribution in [-0.2, 0) is 6.42 Å². The summed E-state index contributed by atoms with van der Waals surface area (Å²) in [6, 6.07) is 6.76. The van der Waals surface area contributed by atoms with Crippen LogP contribution in [0.1, 0.15) is 44.5 Å². The molecule has 4 aromatic rings. The molecular formula is C28H35F2N7O3. The summed E-state index contributed by atoms with van der Waals surface area (Å²) in [6.07, 6.45) is 2.87. The maximum atomic E-state index is 13.2. The van der Waals surface area contributed by atoms with Crippen molar-refractivity contribution in [3.63, 3.8) is 0 Å². The van der Waals surface area contributed by atoms with Gasteiger partial charge in [-0.25, -0.2) is 15.0 Å². The molecule has 6 rings (SSSR count). The quantitative estimate of drug-likeness (QED) is 0.246. The number of nitrogens with two attached hydrogens (primary N) is 1. The topological polar surface area (TPSA) is 138 Å². The fraction of sp³-hybridized carbons (Fsp3) is 0.536. The minimum absolute atomic E-state index is 0.0576. The van der Waals surface area contributed by atoms with Crippen LogP contribution in [0.2, 0.25) is 0 Å². The van der Waals surface area contributed by atoms with Crippen LogP contribution in [-0.4, -0.2) is 77.6 Å². The zero-order chi connectivity index (χ0) is 28.2. The van der Waals surface area contributed by atoms with Crippen molar-refractivity contribution in [1.29, 1.82) is 0 Å². The van der Waals surface area contributed by atoms with Crippen molar-refractivity contribution in [1.82, 2.24) is 29.4 Å². The Labute approximate surface area is 230 Å². The molecule has 0 radical (unpaired) electrons. The molecule has 3 aromatic heterocycles. The first-order chi connectivity index (χ1) is 19.1. The molecule has 2 saturated carbocycles. The highest BCUT2D eigenvalue weighted by molar-refractivity contribution is 5.86. The van der Waals surface area contributed by atoms with Crippen LogP contribution in [0.5, 0.6) is 5.75 Å². The number of nitrogens with one attached hydrogen (secondary N) is 1. The maximum Gasteiger partial charge on any atom is 0.394 e. The molecule has 5 N–H and O–H groups in total. The number of nitrogen functional groups attached to an aromatic ring is 1. The van der Waals surface area contributed by atoms with Crippen LogP contribution >= 0.6 is 0 Å². The number of aliphatic hydroxyl groups excluding tert-OH is 2. The molecule has 0 amide bonds. The molecule has 2 fully saturated rings. The van der Waals surface area contributed by atoms with Gasteiger partial charge in [-0.3, -0.25) is 0 Å². The number of imidazole rings is 1. The lowest BCUT2D eigenvalue weighted by atomic mass is 9.76. The summed E-state index contributed by atoms with van der Waals surface area (Å²) in [5.74, 6) is 1.84. The first kappa shape index (κ1) is 26.9. The Morgan fingerprint density at radius 1 is 1.18 bits per heavy atom. The Kier molecular flexibility index (Phi) is 6.87. The molecule has 0 aliphatic heterocycles. The summed E-state index contributed by atoms with van der Waals surface area (Å²) in [6.45, 7) is 1.41. The first-order valence-corrected chi connectivity index (χ1v) is 13.7. The van der Waals surface area contributed by atoms with E-state index in [1.807, 2.05) is 16.8 Å². The van der Waals surface area contributed by atoms with Gasteiger partial charge in [-0.15, -0.1) is 0 Å². The van der Waals surface area contributed by atoms with E-state index >= 15 is 0 Å². The first-order valence-electron chi connectivity index (χ1n) is 13.7. The van der Waals surface area contributed by atoms with Gasteiger partial charge in [0.05, 0.1) is 28.6 Å². The summed E-state index contributed by atoms with van der Waals surface area (Å²) < 4.78 is 32.9. The average molecular weight is 556 g/mol. The van der Waals surface area contributed by atoms with E-state index < -0.39 is 18.3 Å². The number of hydrogen-bond acceptors (Lipinski definition) is 8. The molecular weight excluding hydrogens is 520 g/mol. The molecule has 1 aromatic carbocycles. The Bertz CT molecular complexity index is 1500. The average Bonchev–Trinajstić information content (AvgIpc) is 3.54. The molecule has 2 aliphatic carbocycles. The molecule has 0 unspecified atom stereocenters. The second-order valence-corrected chi connectivity index (χ2v) is 11.5. The highest BCUT2D eigenvalue weighted by Gasteiger charge is 2.44. The van der Waals surface area contributed by atoms with E-state index in [0.29, 0.717) is 48.8 Å². The fourth-order valence-corrected chi connectivity index (χ4v) is 6.40. The van der Waals surface area contributed by atoms with Gasteiger partial charge in [0.25, 0.3) is 0 Å². The number of H-pyrrole nitrogens is 1. The van der Waals surface area contributed by atoms with E-state index in [9.17, 15) is 19.0 Å². The lowest BCUT2D eigenvalue weighted by Gasteiger charge is -2.42. The number of aromatic amines is 1. The van der Waals surface area contributed by atoms with Gasteiger partial charge in [0.2, 0.25) is 0 Å². The number of nitrogens with zero attached hydrogens (tertiary/aromatic N) is 5. The number of aromatic nitrogens is 5. The van der Waals surface area contributed by atoms with Crippen LogP contribution in [0.4, 0.5) is 14.6 Å². The van der Waals surface area contributed by atoms with Crippen molar-refractivity contribution in [3.05, 3.63) is 42.6 Å². The highest BCUT2D eigenvalue weighted by Crippen LogP contribution is 2.40. The summed E-state index contributed by atoms with van der Waals surface area (Å²) in [4.78, 5) is 18.5. The van der Waals surface area contributed by atoms with Crippen LogP contribution < -0.4 is 10.5 Å². The number of anilines is 1. The highest BCUT2D eigenvalue weighted by atomic mass is 19.3. The molecule has 4 atom stereocenters. The maximum absolute atomic E-state index is 13.2. The Morgan fingerprint density at radius 3 is 2.75 bits per heavy atom. The van der Waals surface area contributed by atoms with Gasteiger partial charge in [-0.2, -0.15) is 8.78 Å². The number of benzene rings is 1. The third kappa shape index (κ3) is 5.23. The van der Waals surface area contributed by atoms with E-state index in [2.05, 4.69) is 36.6 Å². The predicted octanol–water partition coefficient (Wildman–Crippen LogP) is 3.51. The largest absolute Gasteiger partial charge is 0.433 e. The molecule has 3 heterocycles. The molecule has 12 heteroatoms. The molecule has 40 heavy (non-hydrogen) atoms. The van der Waals surface area contributed by atoms with E-state index in [1.54, 1.807) is 6.07 Å². The van der Waals surface area contributed by atoms with Gasteiger partial charge in [0.1, 0.15) is 35.5 Å². The predicted molar refractivity (Wildman–Crippen MR) is 146 cm³/mol. The molecule has 0 bridgehead atoms. The standard InChI is InChI=1S/C28H35F2N7O3/c1-28(29,30)40-18-4-5-20-21(12-18)35-23(34-20)6-3-15-9-17(10-15)36(2)13-16-11-22(25(39)24(16)38)37-8-7-19-26(31)32-14-33-27(19)37/h4-5,7-8,12,14-17,22,24-25,38-39H,3,6,9-11,13H2,1-2H3,(H,34,35)(H2,31,32,33)/t15-,16-,17+,22-,24-,25+/m1/s1. The Hall–Kier alpha value is -3.35. The van der Waals surface area contributed by atoms with Crippen molar-refractivity contribution in [2.45, 2.75) is 69.4 Å². The number of aliphatic hydroxyl groups is 2. The number of rotatable bonds is 9. The van der Waals surface area contributed by atoms with Crippen molar-refractivity contribution >= 4 is 27.9 Å². The molecule has 10 nitrogen and oxygen atoms in total. The Balaban J connectivity index is 0.999. The molecule has 0 spiro atoms. The third-order valence-electron chi connectivity index (χ3n) is 8.62. The summed E-state index contributed by atoms with van der Waals surface area (Å²) >= 11 is 0. The second kappa shape index (κ2) is 10.2. The number of aryl methyl sites for hydroxylation is 1. The van der Waals surface area contributed by atoms with E-state index in [0.717, 1.165) is 42.4 Å². The molecule has 214 valence electrons. The number of alkyl halides is 2. The summed E-state index contributed by atoms with van der Waals surface area (Å²) in [5.41, 5.74) is 8.05. The van der Waals surface area contributed by atoms with Crippen molar-refractivity contribution < 1.29 is 23.7 Å². The number of hydrogen-bond donors (Lipinski definition) is 4. The lowest BCUT2D eigenvalue weighted by Crippen LogP contribution is -2.46. The molecule has 0 saturated heterocycles. The van der Waals surface area contributed by atoms with Crippen molar-refractivity contribution in [2.24, 2.45) is 11.8 Å². The van der Waals surface area contributed by atoms with Crippen LogP contribution in [0.15, 0.2) is 36.8 Å². The number of halogens is 2. The number of fused-ring (bicyclic) bond motifs is 2. The minimum Gasteiger partial charge on any atom is -0.433 e. The Morgan fingerprint density at radius 2 is 1.98 bits per heavy atom. The van der Waals surface area contributed by atoms with Crippen LogP contribution in [0.25, 0.3) is 22.1 Å². The van der Waals surface area contributed by atoms with Gasteiger partial charge in [0.15, 0.2) is 0 Å². The smallest absolute Gasteiger partial charge is 0.394 e. The minimum atomic E-state index is -3.24. The van der Waals surface area contributed by atoms with Crippen LogP contribution in [0.3, 0.4) is 0 Å². The van der Waals surface area contributed by atoms with Gasteiger partial charge < -0.3 is 35.1 Å². The second-order valence-electron chi connectivity index (χ2n) is 11.5. The third-order valence-corrected chi connectivity index (χ3v) is 8.62. The fourth-order valence-electron chi connectivity index (χ4n) is 6.40. The number of ether oxygens (including phenoxy) is 1. The van der Waals surface area contributed by atoms with E-state index in [1.165, 1.54) is 18.5 Å². The van der Waals surface area contributed by atoms with Gasteiger partial charge in [0, 0.05) is 44.1 Å². The summed E-state index contributed by atoms with van der Waals surface area (Å²) in [7, 11) is 2.09. The zero-order valence-electron chi connectivity index (χ0n) is 22.5. The van der Waals surface area contributed by atoms with Gasteiger partial charge >= 0.3 is 6.11 Å². The van der Waals surface area contributed by atoms with Crippen molar-refractivity contribution in [2.75, 3.05) is 19.3 Å². The van der Waals surface area contributed by atoms with Crippen molar-refractivity contribution in [3.8, 4) is 5.75 Å². The zero-order valence-corrected chi connectivity index (χ0v) is 22.5. The monoisotopic (exact) mass is 555 g/mol. The normalized spacial score (nSPS) is 27.1. The van der Waals surface area contributed by atoms with Gasteiger partial charge in [-0.05, 0) is 56.8 Å². The van der Waals surface area contributed by atoms with E-state index in [4.69, 9.17) is 5.73 Å².